The predicted molar refractivity (Wildman–Crippen MR) is 92.6 cm³/mol. The quantitative estimate of drug-likeness (QED) is 0.877. The molecule has 2 N–H and O–H groups in total. The number of nitrogens with zero attached hydrogens (tertiary/aromatic N) is 3. The summed E-state index contributed by atoms with van der Waals surface area (Å²) in [6, 6.07) is 8.06. The van der Waals surface area contributed by atoms with Crippen molar-refractivity contribution in [3.63, 3.8) is 0 Å². The molecule has 2 heterocycles. The number of carbonyl (C=O) groups excluding carboxylic acids is 1. The first-order valence-corrected chi connectivity index (χ1v) is 8.25. The number of carbonyl (C=O) groups is 1. The van der Waals surface area contributed by atoms with Gasteiger partial charge in [0.1, 0.15) is 0 Å². The number of hydrogen-bond donors (Lipinski definition) is 2. The summed E-state index contributed by atoms with van der Waals surface area (Å²) in [5.74, 6) is 1.23. The van der Waals surface area contributed by atoms with Crippen LogP contribution >= 0.6 is 0 Å². The fraction of sp³-hybridized carbons (Fsp3) is 0.529. The van der Waals surface area contributed by atoms with E-state index in [0.717, 1.165) is 56.0 Å². The van der Waals surface area contributed by atoms with Gasteiger partial charge in [-0.25, -0.2) is 4.98 Å². The number of anilines is 1. The molecule has 0 unspecified atom stereocenters. The van der Waals surface area contributed by atoms with E-state index in [2.05, 4.69) is 25.1 Å². The molecule has 124 valence electrons. The van der Waals surface area contributed by atoms with Crippen molar-refractivity contribution in [2.75, 3.05) is 45.2 Å². The molecule has 0 bridgehead atoms. The van der Waals surface area contributed by atoms with Crippen molar-refractivity contribution in [1.82, 2.24) is 20.2 Å². The molecule has 0 spiro atoms. The van der Waals surface area contributed by atoms with Gasteiger partial charge in [0.25, 0.3) is 0 Å². The molecule has 6 heteroatoms. The molecule has 1 amide bonds. The van der Waals surface area contributed by atoms with Crippen LogP contribution in [0.5, 0.6) is 0 Å². The molecule has 1 aromatic carbocycles. The maximum absolute atomic E-state index is 12.2. The number of piperidine rings is 1. The fourth-order valence-corrected chi connectivity index (χ4v) is 2.99. The maximum Gasteiger partial charge on any atom is 0.223 e. The number of imidazole rings is 1. The van der Waals surface area contributed by atoms with E-state index in [4.69, 9.17) is 0 Å². The van der Waals surface area contributed by atoms with Crippen molar-refractivity contribution in [3.8, 4) is 0 Å². The second-order valence-electron chi connectivity index (χ2n) is 6.43. The molecule has 3 rings (SSSR count). The van der Waals surface area contributed by atoms with Crippen LogP contribution in [0.15, 0.2) is 24.3 Å². The van der Waals surface area contributed by atoms with Crippen molar-refractivity contribution < 1.29 is 4.79 Å². The predicted octanol–water partition coefficient (Wildman–Crippen LogP) is 1.46. The van der Waals surface area contributed by atoms with Gasteiger partial charge < -0.3 is 20.1 Å². The number of nitrogens with one attached hydrogen (secondary N) is 2. The van der Waals surface area contributed by atoms with E-state index in [1.54, 1.807) is 0 Å². The highest BCUT2D eigenvalue weighted by molar-refractivity contribution is 5.79. The minimum atomic E-state index is 0.123. The molecular weight excluding hydrogens is 290 g/mol. The summed E-state index contributed by atoms with van der Waals surface area (Å²) in [5, 5.41) is 3.04. The molecule has 1 fully saturated rings. The van der Waals surface area contributed by atoms with Crippen molar-refractivity contribution in [2.45, 2.75) is 12.8 Å². The van der Waals surface area contributed by atoms with E-state index in [1.165, 1.54) is 0 Å². The summed E-state index contributed by atoms with van der Waals surface area (Å²) < 4.78 is 0. The maximum atomic E-state index is 12.2. The van der Waals surface area contributed by atoms with E-state index in [-0.39, 0.29) is 11.8 Å². The number of likely N-dealkylation sites (N-methyl/N-ethyl adjacent to an activating group) is 1. The van der Waals surface area contributed by atoms with E-state index in [9.17, 15) is 4.79 Å². The third-order valence-electron chi connectivity index (χ3n) is 4.40. The second-order valence-corrected chi connectivity index (χ2v) is 6.43. The lowest BCUT2D eigenvalue weighted by Gasteiger charge is -2.31. The van der Waals surface area contributed by atoms with Crippen molar-refractivity contribution in [1.29, 1.82) is 0 Å². The smallest absolute Gasteiger partial charge is 0.223 e. The van der Waals surface area contributed by atoms with Crippen LogP contribution in [0.25, 0.3) is 11.0 Å². The molecule has 1 aliphatic heterocycles. The van der Waals surface area contributed by atoms with Crippen LogP contribution in [0.3, 0.4) is 0 Å². The largest absolute Gasteiger partial charge is 0.355 e. The van der Waals surface area contributed by atoms with Gasteiger partial charge in [0, 0.05) is 32.1 Å². The summed E-state index contributed by atoms with van der Waals surface area (Å²) in [5.41, 5.74) is 2.05. The van der Waals surface area contributed by atoms with E-state index in [1.807, 2.05) is 38.4 Å². The Bertz CT molecular complexity index is 625. The summed E-state index contributed by atoms with van der Waals surface area (Å²) >= 11 is 0. The first-order valence-electron chi connectivity index (χ1n) is 8.25. The number of benzene rings is 1. The molecule has 0 aliphatic carbocycles. The molecule has 2 aromatic rings. The zero-order chi connectivity index (χ0) is 16.2. The van der Waals surface area contributed by atoms with Gasteiger partial charge in [-0.2, -0.15) is 0 Å². The zero-order valence-corrected chi connectivity index (χ0v) is 13.9. The zero-order valence-electron chi connectivity index (χ0n) is 13.9. The van der Waals surface area contributed by atoms with Crippen LogP contribution in [0, 0.1) is 5.92 Å². The van der Waals surface area contributed by atoms with Crippen LogP contribution in [0.2, 0.25) is 0 Å². The highest BCUT2D eigenvalue weighted by Gasteiger charge is 2.26. The Morgan fingerprint density at radius 3 is 2.78 bits per heavy atom. The van der Waals surface area contributed by atoms with E-state index >= 15 is 0 Å². The Hall–Kier alpha value is -2.08. The number of rotatable bonds is 5. The molecule has 0 radical (unpaired) electrons. The normalized spacial score (nSPS) is 16.2. The first kappa shape index (κ1) is 15.8. The van der Waals surface area contributed by atoms with Gasteiger partial charge in [0.2, 0.25) is 11.9 Å². The lowest BCUT2D eigenvalue weighted by molar-refractivity contribution is -0.125. The van der Waals surface area contributed by atoms with Crippen molar-refractivity contribution in [2.24, 2.45) is 5.92 Å². The third kappa shape index (κ3) is 3.82. The van der Waals surface area contributed by atoms with Gasteiger partial charge in [0.15, 0.2) is 0 Å². The SMILES string of the molecule is CN(C)CCNC(=O)C1CCN(c2nc3ccccc3[nH]2)CC1. The molecule has 1 aliphatic rings. The van der Waals surface area contributed by atoms with Crippen LogP contribution < -0.4 is 10.2 Å². The minimum Gasteiger partial charge on any atom is -0.355 e. The number of hydrogen-bond acceptors (Lipinski definition) is 4. The summed E-state index contributed by atoms with van der Waals surface area (Å²) in [7, 11) is 4.02. The minimum absolute atomic E-state index is 0.123. The average molecular weight is 315 g/mol. The standard InChI is InChI=1S/C17H25N5O/c1-21(2)12-9-18-16(23)13-7-10-22(11-8-13)17-19-14-5-3-4-6-15(14)20-17/h3-6,13H,7-12H2,1-2H3,(H,18,23)(H,19,20). The summed E-state index contributed by atoms with van der Waals surface area (Å²) in [6.07, 6.45) is 1.76. The molecule has 6 nitrogen and oxygen atoms in total. The lowest BCUT2D eigenvalue weighted by Crippen LogP contribution is -2.42. The van der Waals surface area contributed by atoms with Gasteiger partial charge in [-0.3, -0.25) is 4.79 Å². The molecule has 0 saturated carbocycles. The number of aromatic amines is 1. The van der Waals surface area contributed by atoms with Gasteiger partial charge in [-0.15, -0.1) is 0 Å². The lowest BCUT2D eigenvalue weighted by atomic mass is 9.96. The highest BCUT2D eigenvalue weighted by atomic mass is 16.1. The van der Waals surface area contributed by atoms with Gasteiger partial charge >= 0.3 is 0 Å². The summed E-state index contributed by atoms with van der Waals surface area (Å²) in [6.45, 7) is 3.33. The van der Waals surface area contributed by atoms with E-state index in [0.29, 0.717) is 0 Å². The number of para-hydroxylation sites is 2. The van der Waals surface area contributed by atoms with Crippen LogP contribution in [-0.4, -0.2) is 61.0 Å². The average Bonchev–Trinajstić information content (AvgIpc) is 2.98. The van der Waals surface area contributed by atoms with Gasteiger partial charge in [-0.05, 0) is 39.1 Å². The summed E-state index contributed by atoms with van der Waals surface area (Å²) in [4.78, 5) is 24.5. The number of aromatic nitrogens is 2. The Morgan fingerprint density at radius 1 is 1.35 bits per heavy atom. The Labute approximate surface area is 136 Å². The third-order valence-corrected chi connectivity index (χ3v) is 4.40. The van der Waals surface area contributed by atoms with Gasteiger partial charge in [-0.1, -0.05) is 12.1 Å². The Balaban J connectivity index is 1.52. The van der Waals surface area contributed by atoms with Crippen molar-refractivity contribution in [3.05, 3.63) is 24.3 Å². The molecule has 0 atom stereocenters. The Morgan fingerprint density at radius 2 is 2.09 bits per heavy atom. The van der Waals surface area contributed by atoms with E-state index < -0.39 is 0 Å². The number of fused-ring (bicyclic) bond motifs is 1. The first-order chi connectivity index (χ1) is 11.1. The number of H-pyrrole nitrogens is 1. The Kier molecular flexibility index (Phi) is 4.81. The van der Waals surface area contributed by atoms with Gasteiger partial charge in [0.05, 0.1) is 11.0 Å². The highest BCUT2D eigenvalue weighted by Crippen LogP contribution is 2.23. The molecule has 1 aromatic heterocycles. The molecular formula is C17H25N5O. The van der Waals surface area contributed by atoms with Crippen LogP contribution in [0.4, 0.5) is 5.95 Å². The second kappa shape index (κ2) is 7.00. The fourth-order valence-electron chi connectivity index (χ4n) is 2.99. The monoisotopic (exact) mass is 315 g/mol. The van der Waals surface area contributed by atoms with Crippen LogP contribution in [-0.2, 0) is 4.79 Å². The van der Waals surface area contributed by atoms with Crippen LogP contribution in [0.1, 0.15) is 12.8 Å². The molecule has 23 heavy (non-hydrogen) atoms. The van der Waals surface area contributed by atoms with Crippen molar-refractivity contribution >= 4 is 22.9 Å². The topological polar surface area (TPSA) is 64.3 Å². The number of amides is 1. The molecule has 1 saturated heterocycles.